The van der Waals surface area contributed by atoms with Crippen molar-refractivity contribution in [2.24, 2.45) is 0 Å². The van der Waals surface area contributed by atoms with Gasteiger partial charge in [-0.1, -0.05) is 35.6 Å². The van der Waals surface area contributed by atoms with Crippen molar-refractivity contribution in [1.82, 2.24) is 10.2 Å². The van der Waals surface area contributed by atoms with Gasteiger partial charge in [0.15, 0.2) is 5.78 Å². The van der Waals surface area contributed by atoms with Gasteiger partial charge in [0.05, 0.1) is 5.56 Å². The zero-order valence-corrected chi connectivity index (χ0v) is 15.9. The van der Waals surface area contributed by atoms with Crippen molar-refractivity contribution in [3.63, 3.8) is 0 Å². The molecule has 0 amide bonds. The average molecular weight is 402 g/mol. The first kappa shape index (κ1) is 18.8. The second kappa shape index (κ2) is 7.13. The average Bonchev–Trinajstić information content (AvgIpc) is 3.39. The van der Waals surface area contributed by atoms with Crippen molar-refractivity contribution in [2.75, 3.05) is 0 Å². The van der Waals surface area contributed by atoms with E-state index in [4.69, 9.17) is 0 Å². The highest BCUT2D eigenvalue weighted by molar-refractivity contribution is 7.14. The molecule has 144 valence electrons. The van der Waals surface area contributed by atoms with Gasteiger partial charge in [-0.05, 0) is 55.5 Å². The third-order valence-electron chi connectivity index (χ3n) is 4.79. The molecule has 1 fully saturated rings. The normalized spacial score (nSPS) is 14.3. The lowest BCUT2D eigenvalue weighted by Crippen LogP contribution is -2.04. The molecule has 0 unspecified atom stereocenters. The molecule has 1 aliphatic rings. The summed E-state index contributed by atoms with van der Waals surface area (Å²) < 4.78 is 38.3. The summed E-state index contributed by atoms with van der Waals surface area (Å²) in [6, 6.07) is 10.6. The van der Waals surface area contributed by atoms with Gasteiger partial charge in [0.25, 0.3) is 0 Å². The number of hydrogen-bond donors (Lipinski definition) is 0. The fraction of sp³-hybridized carbons (Fsp3) is 0.286. The largest absolute Gasteiger partial charge is 0.416 e. The quantitative estimate of drug-likeness (QED) is 0.500. The van der Waals surface area contributed by atoms with Crippen LogP contribution in [0.4, 0.5) is 13.2 Å². The van der Waals surface area contributed by atoms with Gasteiger partial charge in [-0.3, -0.25) is 4.79 Å². The summed E-state index contributed by atoms with van der Waals surface area (Å²) in [4.78, 5) is 11.8. The van der Waals surface area contributed by atoms with Crippen molar-refractivity contribution in [2.45, 2.75) is 38.3 Å². The second-order valence-electron chi connectivity index (χ2n) is 7.02. The SMILES string of the molecule is CC(=O)c1ccc(Cc2ccc(C(F)(F)F)cc2)c(-c2nnc(C3CC3)s2)c1. The summed E-state index contributed by atoms with van der Waals surface area (Å²) in [6.07, 6.45) is -1.65. The van der Waals surface area contributed by atoms with Gasteiger partial charge in [0.2, 0.25) is 0 Å². The molecule has 3 nitrogen and oxygen atoms in total. The first-order valence-electron chi connectivity index (χ1n) is 8.95. The van der Waals surface area contributed by atoms with Gasteiger partial charge in [-0.2, -0.15) is 13.2 Å². The van der Waals surface area contributed by atoms with E-state index in [-0.39, 0.29) is 5.78 Å². The van der Waals surface area contributed by atoms with Gasteiger partial charge in [0, 0.05) is 17.0 Å². The Bertz CT molecular complexity index is 1020. The van der Waals surface area contributed by atoms with E-state index in [1.165, 1.54) is 30.4 Å². The maximum atomic E-state index is 12.8. The molecule has 1 aromatic heterocycles. The minimum Gasteiger partial charge on any atom is -0.295 e. The molecule has 0 aliphatic heterocycles. The summed E-state index contributed by atoms with van der Waals surface area (Å²) in [5.74, 6) is 0.440. The number of hydrogen-bond acceptors (Lipinski definition) is 4. The molecule has 4 rings (SSSR count). The Hall–Kier alpha value is -2.54. The fourth-order valence-corrected chi connectivity index (χ4v) is 4.08. The summed E-state index contributed by atoms with van der Waals surface area (Å²) in [5.41, 5.74) is 2.40. The van der Waals surface area contributed by atoms with Crippen molar-refractivity contribution in [3.05, 3.63) is 69.7 Å². The van der Waals surface area contributed by atoms with Crippen molar-refractivity contribution in [1.29, 1.82) is 0 Å². The molecule has 0 N–H and O–H groups in total. The van der Waals surface area contributed by atoms with Gasteiger partial charge in [0.1, 0.15) is 10.0 Å². The number of halogens is 3. The topological polar surface area (TPSA) is 42.9 Å². The molecule has 0 atom stereocenters. The number of alkyl halides is 3. The number of benzene rings is 2. The van der Waals surface area contributed by atoms with Crippen LogP contribution in [0.1, 0.15) is 57.7 Å². The lowest BCUT2D eigenvalue weighted by Gasteiger charge is -2.11. The monoisotopic (exact) mass is 402 g/mol. The standard InChI is InChI=1S/C21H17F3N2OS/c1-12(27)15-6-7-16(10-13-2-8-17(9-3-13)21(22,23)24)18(11-15)20-26-25-19(28-20)14-4-5-14/h2-3,6-9,11,14H,4-5,10H2,1H3. The molecule has 1 heterocycles. The highest BCUT2D eigenvalue weighted by atomic mass is 32.1. The Labute approximate surface area is 164 Å². The molecule has 1 saturated carbocycles. The molecule has 0 radical (unpaired) electrons. The molecule has 0 saturated heterocycles. The van der Waals surface area contributed by atoms with E-state index in [0.29, 0.717) is 17.9 Å². The highest BCUT2D eigenvalue weighted by Crippen LogP contribution is 2.43. The lowest BCUT2D eigenvalue weighted by molar-refractivity contribution is -0.137. The van der Waals surface area contributed by atoms with E-state index >= 15 is 0 Å². The van der Waals surface area contributed by atoms with Crippen LogP contribution in [0.5, 0.6) is 0 Å². The molecule has 0 spiro atoms. The Morgan fingerprint density at radius 1 is 1.11 bits per heavy atom. The Morgan fingerprint density at radius 2 is 1.82 bits per heavy atom. The zero-order valence-electron chi connectivity index (χ0n) is 15.1. The summed E-state index contributed by atoms with van der Waals surface area (Å²) in [6.45, 7) is 1.50. The van der Waals surface area contributed by atoms with E-state index in [1.807, 2.05) is 6.07 Å². The predicted octanol–water partition coefficient (Wildman–Crippen LogP) is 5.89. The first-order valence-corrected chi connectivity index (χ1v) is 9.76. The molecule has 2 aromatic carbocycles. The second-order valence-corrected chi connectivity index (χ2v) is 8.03. The van der Waals surface area contributed by atoms with Crippen LogP contribution < -0.4 is 0 Å². The molecule has 28 heavy (non-hydrogen) atoms. The molecule has 0 bridgehead atoms. The summed E-state index contributed by atoms with van der Waals surface area (Å²) in [5, 5.41) is 10.3. The number of ketones is 1. The minimum atomic E-state index is -4.35. The fourth-order valence-electron chi connectivity index (χ4n) is 3.02. The predicted molar refractivity (Wildman–Crippen MR) is 102 cm³/mol. The van der Waals surface area contributed by atoms with Crippen LogP contribution >= 0.6 is 11.3 Å². The third kappa shape index (κ3) is 3.99. The number of Topliss-reactive ketones (excluding diaryl/α,β-unsaturated/α-hetero) is 1. The lowest BCUT2D eigenvalue weighted by atomic mass is 9.96. The summed E-state index contributed by atoms with van der Waals surface area (Å²) >= 11 is 1.53. The van der Waals surface area contributed by atoms with E-state index < -0.39 is 11.7 Å². The maximum absolute atomic E-state index is 12.8. The van der Waals surface area contributed by atoms with Gasteiger partial charge < -0.3 is 0 Å². The van der Waals surface area contributed by atoms with Gasteiger partial charge in [-0.15, -0.1) is 10.2 Å². The Balaban J connectivity index is 1.68. The third-order valence-corrected chi connectivity index (χ3v) is 5.91. The molecule has 1 aliphatic carbocycles. The molecular formula is C21H17F3N2OS. The molecule has 7 heteroatoms. The van der Waals surface area contributed by atoms with E-state index in [0.717, 1.165) is 51.7 Å². The van der Waals surface area contributed by atoms with Crippen molar-refractivity contribution < 1.29 is 18.0 Å². The van der Waals surface area contributed by atoms with Crippen LogP contribution in [0.2, 0.25) is 0 Å². The number of carbonyl (C=O) groups is 1. The van der Waals surface area contributed by atoms with Crippen LogP contribution in [0.25, 0.3) is 10.6 Å². The van der Waals surface area contributed by atoms with E-state index in [1.54, 1.807) is 12.1 Å². The summed E-state index contributed by atoms with van der Waals surface area (Å²) in [7, 11) is 0. The minimum absolute atomic E-state index is 0.0470. The van der Waals surface area contributed by atoms with Crippen molar-refractivity contribution >= 4 is 17.1 Å². The number of aromatic nitrogens is 2. The number of carbonyl (C=O) groups excluding carboxylic acids is 1. The molecule has 3 aromatic rings. The van der Waals surface area contributed by atoms with Gasteiger partial charge >= 0.3 is 6.18 Å². The molecular weight excluding hydrogens is 385 g/mol. The van der Waals surface area contributed by atoms with Crippen LogP contribution in [0, 0.1) is 0 Å². The Morgan fingerprint density at radius 3 is 2.43 bits per heavy atom. The van der Waals surface area contributed by atoms with Gasteiger partial charge in [-0.25, -0.2) is 0 Å². The number of rotatable bonds is 5. The Kier molecular flexibility index (Phi) is 4.79. The van der Waals surface area contributed by atoms with E-state index in [9.17, 15) is 18.0 Å². The first-order chi connectivity index (χ1) is 13.3. The van der Waals surface area contributed by atoms with E-state index in [2.05, 4.69) is 10.2 Å². The van der Waals surface area contributed by atoms with Crippen LogP contribution in [-0.2, 0) is 12.6 Å². The maximum Gasteiger partial charge on any atom is 0.416 e. The smallest absolute Gasteiger partial charge is 0.295 e. The number of nitrogens with zero attached hydrogens (tertiary/aromatic N) is 2. The highest BCUT2D eigenvalue weighted by Gasteiger charge is 2.30. The van der Waals surface area contributed by atoms with Crippen LogP contribution in [0.3, 0.4) is 0 Å². The van der Waals surface area contributed by atoms with Crippen molar-refractivity contribution in [3.8, 4) is 10.6 Å². The van der Waals surface area contributed by atoms with Crippen LogP contribution in [-0.4, -0.2) is 16.0 Å². The van der Waals surface area contributed by atoms with Crippen LogP contribution in [0.15, 0.2) is 42.5 Å². The zero-order chi connectivity index (χ0) is 19.9.